The van der Waals surface area contributed by atoms with Crippen LogP contribution in [-0.2, 0) is 0 Å². The van der Waals surface area contributed by atoms with E-state index in [2.05, 4.69) is 25.6 Å². The number of amides is 1. The molecule has 0 aliphatic heterocycles. The van der Waals surface area contributed by atoms with E-state index in [4.69, 9.17) is 4.74 Å². The number of aromatic nitrogens is 3. The summed E-state index contributed by atoms with van der Waals surface area (Å²) in [6.07, 6.45) is 2.70. The Hall–Kier alpha value is -2.52. The molecule has 1 amide bonds. The largest absolute Gasteiger partial charge is 0.418 e. The van der Waals surface area contributed by atoms with Crippen LogP contribution in [0.25, 0.3) is 0 Å². The number of hydrogen-bond acceptors (Lipinski definition) is 8. The van der Waals surface area contributed by atoms with Crippen LogP contribution in [0.15, 0.2) is 29.9 Å². The fraction of sp³-hybridized carbons (Fsp3) is 0.143. The number of hydrogen-bond donors (Lipinski definition) is 2. The summed E-state index contributed by atoms with van der Waals surface area (Å²) in [6, 6.07) is 3.44. The normalized spacial score (nSPS) is 10.3. The van der Waals surface area contributed by atoms with Crippen LogP contribution in [0.1, 0.15) is 10.7 Å². The lowest BCUT2D eigenvalue weighted by atomic mass is 10.3. The minimum Gasteiger partial charge on any atom is -0.388 e. The molecule has 0 atom stereocenters. The molecule has 3 aromatic heterocycles. The number of carbonyl (C=O) groups is 1. The third-order valence-corrected chi connectivity index (χ3v) is 4.24. The van der Waals surface area contributed by atoms with Crippen LogP contribution in [0.3, 0.4) is 0 Å². The monoisotopic (exact) mass is 347 g/mol. The molecule has 0 fully saturated rings. The number of rotatable bonds is 4. The van der Waals surface area contributed by atoms with Gasteiger partial charge in [-0.2, -0.15) is 0 Å². The highest BCUT2D eigenvalue weighted by atomic mass is 32.1. The fourth-order valence-electron chi connectivity index (χ4n) is 1.79. The van der Waals surface area contributed by atoms with Crippen LogP contribution < -0.4 is 15.4 Å². The van der Waals surface area contributed by atoms with Crippen molar-refractivity contribution in [3.8, 4) is 5.88 Å². The molecule has 2 N–H and O–H groups in total. The van der Waals surface area contributed by atoms with Crippen LogP contribution in [0.2, 0.25) is 0 Å². The SMILES string of the molecule is Cc1cc(NC(=O)Oc2nc(C)sc2Nc2nccs2)ccn1. The van der Waals surface area contributed by atoms with Crippen molar-refractivity contribution in [2.24, 2.45) is 0 Å². The quantitative estimate of drug-likeness (QED) is 0.742. The molecule has 9 heteroatoms. The van der Waals surface area contributed by atoms with Gasteiger partial charge in [0.25, 0.3) is 5.88 Å². The molecule has 118 valence electrons. The summed E-state index contributed by atoms with van der Waals surface area (Å²) in [7, 11) is 0. The third-order valence-electron chi connectivity index (χ3n) is 2.69. The first-order chi connectivity index (χ1) is 11.1. The molecule has 7 nitrogen and oxygen atoms in total. The Labute approximate surface area is 140 Å². The number of ether oxygens (including phenoxy) is 1. The van der Waals surface area contributed by atoms with Crippen LogP contribution in [0, 0.1) is 13.8 Å². The third kappa shape index (κ3) is 4.02. The van der Waals surface area contributed by atoms with Gasteiger partial charge in [0.05, 0.1) is 5.01 Å². The van der Waals surface area contributed by atoms with E-state index in [9.17, 15) is 4.79 Å². The van der Waals surface area contributed by atoms with Crippen LogP contribution in [0.4, 0.5) is 20.6 Å². The molecular formula is C14H13N5O2S2. The molecule has 0 saturated carbocycles. The number of anilines is 3. The van der Waals surface area contributed by atoms with Crippen molar-refractivity contribution in [1.82, 2.24) is 15.0 Å². The van der Waals surface area contributed by atoms with Gasteiger partial charge in [-0.1, -0.05) is 11.3 Å². The molecule has 0 aliphatic rings. The summed E-state index contributed by atoms with van der Waals surface area (Å²) >= 11 is 2.85. The highest BCUT2D eigenvalue weighted by molar-refractivity contribution is 7.17. The first-order valence-corrected chi connectivity index (χ1v) is 8.35. The Morgan fingerprint density at radius 3 is 2.87 bits per heavy atom. The van der Waals surface area contributed by atoms with Crippen molar-refractivity contribution >= 4 is 44.6 Å². The highest BCUT2D eigenvalue weighted by Gasteiger charge is 2.16. The predicted octanol–water partition coefficient (Wildman–Crippen LogP) is 3.97. The molecule has 0 spiro atoms. The first kappa shape index (κ1) is 15.4. The lowest BCUT2D eigenvalue weighted by Gasteiger charge is -2.06. The van der Waals surface area contributed by atoms with E-state index in [1.54, 1.807) is 24.5 Å². The van der Waals surface area contributed by atoms with Crippen molar-refractivity contribution in [1.29, 1.82) is 0 Å². The molecule has 3 rings (SSSR count). The van der Waals surface area contributed by atoms with Crippen LogP contribution >= 0.6 is 22.7 Å². The van der Waals surface area contributed by atoms with E-state index in [0.717, 1.165) is 10.7 Å². The van der Waals surface area contributed by atoms with Crippen molar-refractivity contribution in [2.45, 2.75) is 13.8 Å². The maximum Gasteiger partial charge on any atom is 0.418 e. The number of nitrogens with one attached hydrogen (secondary N) is 2. The summed E-state index contributed by atoms with van der Waals surface area (Å²) in [5.74, 6) is 0.228. The second-order valence-electron chi connectivity index (χ2n) is 4.53. The average molecular weight is 347 g/mol. The van der Waals surface area contributed by atoms with Gasteiger partial charge in [0, 0.05) is 29.2 Å². The van der Waals surface area contributed by atoms with Gasteiger partial charge in [-0.3, -0.25) is 10.3 Å². The van der Waals surface area contributed by atoms with Gasteiger partial charge in [0.2, 0.25) is 0 Å². The van der Waals surface area contributed by atoms with Crippen molar-refractivity contribution < 1.29 is 9.53 Å². The summed E-state index contributed by atoms with van der Waals surface area (Å²) in [5, 5.41) is 9.74. The van der Waals surface area contributed by atoms with Crippen molar-refractivity contribution in [2.75, 3.05) is 10.6 Å². The lowest BCUT2D eigenvalue weighted by Crippen LogP contribution is -2.17. The van der Waals surface area contributed by atoms with Gasteiger partial charge in [-0.05, 0) is 26.0 Å². The first-order valence-electron chi connectivity index (χ1n) is 6.65. The molecule has 0 unspecified atom stereocenters. The maximum atomic E-state index is 12.0. The van der Waals surface area contributed by atoms with Crippen molar-refractivity contribution in [3.63, 3.8) is 0 Å². The van der Waals surface area contributed by atoms with Gasteiger partial charge in [0.15, 0.2) is 10.1 Å². The Bertz CT molecular complexity index is 816. The van der Waals surface area contributed by atoms with Gasteiger partial charge in [0.1, 0.15) is 0 Å². The van der Waals surface area contributed by atoms with Gasteiger partial charge < -0.3 is 10.1 Å². The number of pyridine rings is 1. The Balaban J connectivity index is 1.71. The Kier molecular flexibility index (Phi) is 4.49. The topological polar surface area (TPSA) is 89.0 Å². The Morgan fingerprint density at radius 1 is 1.26 bits per heavy atom. The van der Waals surface area contributed by atoms with Gasteiger partial charge in [-0.25, -0.2) is 14.8 Å². The molecule has 0 saturated heterocycles. The molecule has 3 heterocycles. The van der Waals surface area contributed by atoms with E-state index in [1.165, 1.54) is 22.7 Å². The number of aryl methyl sites for hydroxylation is 2. The van der Waals surface area contributed by atoms with Crippen LogP contribution in [-0.4, -0.2) is 21.0 Å². The van der Waals surface area contributed by atoms with E-state index in [-0.39, 0.29) is 5.88 Å². The van der Waals surface area contributed by atoms with Crippen LogP contribution in [0.5, 0.6) is 5.88 Å². The van der Waals surface area contributed by atoms with Crippen molar-refractivity contribution in [3.05, 3.63) is 40.6 Å². The minimum absolute atomic E-state index is 0.228. The molecule has 0 radical (unpaired) electrons. The summed E-state index contributed by atoms with van der Waals surface area (Å²) in [4.78, 5) is 24.5. The number of nitrogens with zero attached hydrogens (tertiary/aromatic N) is 3. The second kappa shape index (κ2) is 6.71. The molecule has 0 bridgehead atoms. The van der Waals surface area contributed by atoms with E-state index >= 15 is 0 Å². The predicted molar refractivity (Wildman–Crippen MR) is 90.9 cm³/mol. The van der Waals surface area contributed by atoms with E-state index in [0.29, 0.717) is 15.8 Å². The standard InChI is InChI=1S/C14H13N5O2S2/c1-8-7-10(3-4-15-8)18-14(20)21-11-12(23-9(2)17-11)19-13-16-5-6-22-13/h3-7H,1-2H3,(H,16,19)(H,15,18,20). The Morgan fingerprint density at radius 2 is 2.13 bits per heavy atom. The van der Waals surface area contributed by atoms with Gasteiger partial charge in [-0.15, -0.1) is 11.3 Å². The van der Waals surface area contributed by atoms with E-state index < -0.39 is 6.09 Å². The minimum atomic E-state index is -0.608. The zero-order valence-electron chi connectivity index (χ0n) is 12.4. The summed E-state index contributed by atoms with van der Waals surface area (Å²) in [6.45, 7) is 3.69. The highest BCUT2D eigenvalue weighted by Crippen LogP contribution is 2.34. The second-order valence-corrected chi connectivity index (χ2v) is 6.63. The smallest absolute Gasteiger partial charge is 0.388 e. The fourth-order valence-corrected chi connectivity index (χ4v) is 3.14. The lowest BCUT2D eigenvalue weighted by molar-refractivity contribution is 0.214. The summed E-state index contributed by atoms with van der Waals surface area (Å²) in [5.41, 5.74) is 1.42. The molecule has 3 aromatic rings. The molecular weight excluding hydrogens is 334 g/mol. The maximum absolute atomic E-state index is 12.0. The summed E-state index contributed by atoms with van der Waals surface area (Å²) < 4.78 is 5.30. The molecule has 0 aromatic carbocycles. The molecule has 0 aliphatic carbocycles. The molecule has 23 heavy (non-hydrogen) atoms. The van der Waals surface area contributed by atoms with E-state index in [1.807, 2.05) is 19.2 Å². The zero-order chi connectivity index (χ0) is 16.2. The average Bonchev–Trinajstić information content (AvgIpc) is 3.10. The number of thiazole rings is 2. The van der Waals surface area contributed by atoms with Gasteiger partial charge >= 0.3 is 6.09 Å². The number of carbonyl (C=O) groups excluding carboxylic acids is 1. The zero-order valence-corrected chi connectivity index (χ0v) is 14.0.